The summed E-state index contributed by atoms with van der Waals surface area (Å²) in [5.41, 5.74) is 0. The van der Waals surface area contributed by atoms with Gasteiger partial charge in [-0.25, -0.2) is 0 Å². The molecule has 0 aliphatic heterocycles. The predicted octanol–water partition coefficient (Wildman–Crippen LogP) is 13.6. The Bertz CT molecular complexity index is 815. The average molecular weight is 719 g/mol. The van der Waals surface area contributed by atoms with Crippen LogP contribution in [0, 0.1) is 5.92 Å². The highest BCUT2D eigenvalue weighted by Crippen LogP contribution is 2.17. The Balaban J connectivity index is 3.81. The fraction of sp³-hybridized carbons (Fsp3) is 0.870. The Morgan fingerprint density at radius 3 is 1.20 bits per heavy atom. The fourth-order valence-electron chi connectivity index (χ4n) is 6.82. The molecule has 0 bridgehead atoms. The van der Waals surface area contributed by atoms with E-state index in [-0.39, 0.29) is 11.9 Å². The monoisotopic (exact) mass is 719 g/mol. The number of carbonyl (C=O) groups is 2. The van der Waals surface area contributed by atoms with E-state index in [1.807, 2.05) is 0 Å². The van der Waals surface area contributed by atoms with Gasteiger partial charge < -0.3 is 14.0 Å². The molecule has 300 valence electrons. The molecular weight excluding hydrogens is 631 g/mol. The van der Waals surface area contributed by atoms with E-state index < -0.39 is 0 Å². The lowest BCUT2D eigenvalue weighted by Crippen LogP contribution is -2.39. The van der Waals surface area contributed by atoms with Crippen LogP contribution in [0.4, 0.5) is 0 Å². The molecule has 0 aromatic carbocycles. The highest BCUT2D eigenvalue weighted by atomic mass is 16.5. The van der Waals surface area contributed by atoms with E-state index in [4.69, 9.17) is 9.47 Å². The topological polar surface area (TPSA) is 52.6 Å². The van der Waals surface area contributed by atoms with Gasteiger partial charge in [-0.05, 0) is 83.5 Å². The van der Waals surface area contributed by atoms with E-state index in [9.17, 15) is 9.59 Å². The summed E-state index contributed by atoms with van der Waals surface area (Å²) in [6.45, 7) is 6.55. The second-order valence-electron chi connectivity index (χ2n) is 16.4. The van der Waals surface area contributed by atoms with Crippen molar-refractivity contribution in [1.82, 2.24) is 0 Å². The molecule has 1 atom stereocenters. The summed E-state index contributed by atoms with van der Waals surface area (Å²) in [7, 11) is 6.62. The first-order valence-corrected chi connectivity index (χ1v) is 22.2. The number of allylic oxidation sites excluding steroid dienone is 4. The van der Waals surface area contributed by atoms with Crippen molar-refractivity contribution in [2.24, 2.45) is 5.92 Å². The van der Waals surface area contributed by atoms with Gasteiger partial charge in [0.2, 0.25) is 0 Å². The van der Waals surface area contributed by atoms with Gasteiger partial charge in [-0.15, -0.1) is 0 Å². The van der Waals surface area contributed by atoms with Gasteiger partial charge in [0.25, 0.3) is 0 Å². The van der Waals surface area contributed by atoms with Crippen molar-refractivity contribution in [2.45, 2.75) is 213 Å². The van der Waals surface area contributed by atoms with E-state index in [1.54, 1.807) is 0 Å². The minimum atomic E-state index is -0.0552. The number of nitrogens with zero attached hydrogens (tertiary/aromatic N) is 1. The zero-order valence-electron chi connectivity index (χ0n) is 35.0. The zero-order valence-corrected chi connectivity index (χ0v) is 35.0. The van der Waals surface area contributed by atoms with Gasteiger partial charge in [0.05, 0.1) is 40.9 Å². The van der Waals surface area contributed by atoms with Gasteiger partial charge in [-0.1, -0.05) is 141 Å². The number of hydrogen-bond donors (Lipinski definition) is 0. The third-order valence-corrected chi connectivity index (χ3v) is 9.90. The molecule has 0 radical (unpaired) electrons. The Labute approximate surface area is 318 Å². The molecule has 0 fully saturated rings. The van der Waals surface area contributed by atoms with Crippen molar-refractivity contribution in [3.63, 3.8) is 0 Å². The van der Waals surface area contributed by atoms with Crippen molar-refractivity contribution >= 4 is 11.9 Å². The largest absolute Gasteiger partial charge is 0.466 e. The van der Waals surface area contributed by atoms with Crippen LogP contribution in [0.3, 0.4) is 0 Å². The van der Waals surface area contributed by atoms with Gasteiger partial charge in [0.15, 0.2) is 0 Å². The molecule has 0 amide bonds. The molecule has 51 heavy (non-hydrogen) atoms. The van der Waals surface area contributed by atoms with E-state index in [0.29, 0.717) is 32.0 Å². The summed E-state index contributed by atoms with van der Waals surface area (Å²) >= 11 is 0. The number of quaternary nitrogens is 1. The summed E-state index contributed by atoms with van der Waals surface area (Å²) in [6, 6.07) is 0. The minimum absolute atomic E-state index is 0.0544. The summed E-state index contributed by atoms with van der Waals surface area (Å²) in [5.74, 6) is 0.336. The Kier molecular flexibility index (Phi) is 36.9. The van der Waals surface area contributed by atoms with Crippen molar-refractivity contribution in [3.05, 3.63) is 24.3 Å². The number of rotatable bonds is 39. The van der Waals surface area contributed by atoms with Crippen molar-refractivity contribution in [3.8, 4) is 0 Å². The van der Waals surface area contributed by atoms with Crippen LogP contribution in [0.5, 0.6) is 0 Å². The van der Waals surface area contributed by atoms with Crippen molar-refractivity contribution in [2.75, 3.05) is 40.9 Å². The number of ether oxygens (including phenoxy) is 2. The lowest BCUT2D eigenvalue weighted by Gasteiger charge is -2.29. The number of unbranched alkanes of at least 4 members (excludes halogenated alkanes) is 22. The van der Waals surface area contributed by atoms with Crippen LogP contribution in [0.25, 0.3) is 0 Å². The van der Waals surface area contributed by atoms with Gasteiger partial charge in [-0.3, -0.25) is 9.59 Å². The van der Waals surface area contributed by atoms with Crippen LogP contribution < -0.4 is 0 Å². The molecule has 0 aliphatic rings. The van der Waals surface area contributed by atoms with Crippen LogP contribution in [-0.2, 0) is 19.1 Å². The molecule has 0 heterocycles. The Morgan fingerprint density at radius 2 is 0.804 bits per heavy atom. The molecule has 0 aromatic heterocycles. The fourth-order valence-corrected chi connectivity index (χ4v) is 6.82. The van der Waals surface area contributed by atoms with Gasteiger partial charge >= 0.3 is 11.9 Å². The summed E-state index contributed by atoms with van der Waals surface area (Å²) in [5, 5.41) is 0. The van der Waals surface area contributed by atoms with E-state index in [2.05, 4.69) is 59.3 Å². The van der Waals surface area contributed by atoms with Crippen LogP contribution in [0.2, 0.25) is 0 Å². The third kappa shape index (κ3) is 41.0. The molecule has 0 spiro atoms. The first-order chi connectivity index (χ1) is 24.8. The normalized spacial score (nSPS) is 12.6. The second-order valence-corrected chi connectivity index (χ2v) is 16.4. The zero-order chi connectivity index (χ0) is 37.5. The third-order valence-electron chi connectivity index (χ3n) is 9.90. The average Bonchev–Trinajstić information content (AvgIpc) is 3.09. The second kappa shape index (κ2) is 38.1. The molecular formula is C46H88NO4+. The summed E-state index contributed by atoms with van der Waals surface area (Å²) < 4.78 is 12.1. The molecule has 0 aliphatic carbocycles. The van der Waals surface area contributed by atoms with E-state index >= 15 is 0 Å². The molecule has 0 rings (SSSR count). The van der Waals surface area contributed by atoms with Crippen LogP contribution in [0.1, 0.15) is 213 Å². The maximum absolute atomic E-state index is 12.3. The first-order valence-electron chi connectivity index (χ1n) is 22.2. The minimum Gasteiger partial charge on any atom is -0.466 e. The molecule has 0 N–H and O–H groups in total. The standard InChI is InChI=1S/C46H88NO4/c1-6-8-10-12-14-16-18-20-22-24-26-28-30-32-34-38-45(48)50-41-36-37-44(43-47(3,4)5)40-42-51-46(49)39-35-33-31-29-27-25-23-21-19-17-15-13-11-9-7-2/h20-23,44H,6-19,24-43H2,1-5H3/q+1. The lowest BCUT2D eigenvalue weighted by atomic mass is 9.99. The van der Waals surface area contributed by atoms with E-state index in [1.165, 1.54) is 141 Å². The van der Waals surface area contributed by atoms with Gasteiger partial charge in [0.1, 0.15) is 0 Å². The van der Waals surface area contributed by atoms with Crippen LogP contribution >= 0.6 is 0 Å². The predicted molar refractivity (Wildman–Crippen MR) is 221 cm³/mol. The summed E-state index contributed by atoms with van der Waals surface area (Å²) in [4.78, 5) is 24.6. The number of hydrogen-bond acceptors (Lipinski definition) is 4. The summed E-state index contributed by atoms with van der Waals surface area (Å²) in [6.07, 6.45) is 46.0. The quantitative estimate of drug-likeness (QED) is 0.0275. The molecule has 5 heteroatoms. The molecule has 0 aromatic rings. The smallest absolute Gasteiger partial charge is 0.305 e. The Morgan fingerprint density at radius 1 is 0.451 bits per heavy atom. The molecule has 0 saturated carbocycles. The molecule has 1 unspecified atom stereocenters. The number of carbonyl (C=O) groups excluding carboxylic acids is 2. The first kappa shape index (κ1) is 49.4. The Hall–Kier alpha value is -1.62. The van der Waals surface area contributed by atoms with Gasteiger partial charge in [-0.2, -0.15) is 0 Å². The van der Waals surface area contributed by atoms with Crippen LogP contribution in [0.15, 0.2) is 24.3 Å². The molecule has 5 nitrogen and oxygen atoms in total. The SMILES string of the molecule is CCCCCCCCC=CCCCCCCCC(=O)OCCCC(CCOC(=O)CCCCCCCC=CCCCCCCCC)C[N+](C)(C)C. The van der Waals surface area contributed by atoms with Crippen molar-refractivity contribution in [1.29, 1.82) is 0 Å². The highest BCUT2D eigenvalue weighted by Gasteiger charge is 2.19. The number of esters is 2. The lowest BCUT2D eigenvalue weighted by molar-refractivity contribution is -0.874. The van der Waals surface area contributed by atoms with Crippen LogP contribution in [-0.4, -0.2) is 57.3 Å². The molecule has 0 saturated heterocycles. The van der Waals surface area contributed by atoms with E-state index in [0.717, 1.165) is 56.0 Å². The van der Waals surface area contributed by atoms with Crippen molar-refractivity contribution < 1.29 is 23.5 Å². The highest BCUT2D eigenvalue weighted by molar-refractivity contribution is 5.69. The van der Waals surface area contributed by atoms with Gasteiger partial charge in [0, 0.05) is 18.8 Å². The maximum Gasteiger partial charge on any atom is 0.305 e. The maximum atomic E-state index is 12.3.